The third kappa shape index (κ3) is 2.45. The average Bonchev–Trinajstić information content (AvgIpc) is 2.32. The van der Waals surface area contributed by atoms with Crippen LogP contribution in [0.15, 0.2) is 0 Å². The van der Waals surface area contributed by atoms with Crippen molar-refractivity contribution in [3.05, 3.63) is 0 Å². The summed E-state index contributed by atoms with van der Waals surface area (Å²) < 4.78 is 0. The molecule has 2 heterocycles. The molecule has 19 heavy (non-hydrogen) atoms. The maximum absolute atomic E-state index is 3.53. The lowest BCUT2D eigenvalue weighted by Gasteiger charge is -2.56. The molecule has 2 saturated heterocycles. The highest BCUT2D eigenvalue weighted by Crippen LogP contribution is 2.41. The molecule has 2 atom stereocenters. The standard InChI is InChI=1S/C16H31N3/c1-17-13-10-14-6-4-7-15(11-13)19(14)12-16(18(2)3)8-5-9-16/h13-15,17H,4-12H2,1-3H3. The molecule has 0 aromatic carbocycles. The van der Waals surface area contributed by atoms with Crippen molar-refractivity contribution in [3.63, 3.8) is 0 Å². The Morgan fingerprint density at radius 3 is 2.16 bits per heavy atom. The highest BCUT2D eigenvalue weighted by atomic mass is 15.3. The molecular formula is C16H31N3. The largest absolute Gasteiger partial charge is 0.317 e. The van der Waals surface area contributed by atoms with Gasteiger partial charge in [0.25, 0.3) is 0 Å². The zero-order valence-electron chi connectivity index (χ0n) is 13.0. The van der Waals surface area contributed by atoms with Crippen LogP contribution < -0.4 is 5.32 Å². The molecule has 0 amide bonds. The van der Waals surface area contributed by atoms with Crippen LogP contribution in [0.5, 0.6) is 0 Å². The molecule has 0 aromatic heterocycles. The fourth-order valence-electron chi connectivity index (χ4n) is 4.64. The van der Waals surface area contributed by atoms with Crippen molar-refractivity contribution in [1.82, 2.24) is 15.1 Å². The molecule has 3 heteroatoms. The number of rotatable bonds is 4. The Bertz CT molecular complexity index is 297. The number of nitrogens with zero attached hydrogens (tertiary/aromatic N) is 2. The molecular weight excluding hydrogens is 234 g/mol. The summed E-state index contributed by atoms with van der Waals surface area (Å²) in [5.74, 6) is 0. The topological polar surface area (TPSA) is 18.5 Å². The summed E-state index contributed by atoms with van der Waals surface area (Å²) in [7, 11) is 6.72. The van der Waals surface area contributed by atoms with Crippen molar-refractivity contribution in [1.29, 1.82) is 0 Å². The summed E-state index contributed by atoms with van der Waals surface area (Å²) in [5.41, 5.74) is 0.500. The van der Waals surface area contributed by atoms with Crippen molar-refractivity contribution < 1.29 is 0 Å². The Balaban J connectivity index is 1.70. The molecule has 0 radical (unpaired) electrons. The Labute approximate surface area is 118 Å². The van der Waals surface area contributed by atoms with Crippen LogP contribution in [0.3, 0.4) is 0 Å². The lowest BCUT2D eigenvalue weighted by atomic mass is 9.73. The van der Waals surface area contributed by atoms with E-state index in [0.29, 0.717) is 5.54 Å². The van der Waals surface area contributed by atoms with E-state index < -0.39 is 0 Å². The number of nitrogens with one attached hydrogen (secondary N) is 1. The fraction of sp³-hybridized carbons (Fsp3) is 1.00. The maximum Gasteiger partial charge on any atom is 0.0330 e. The van der Waals surface area contributed by atoms with Crippen molar-refractivity contribution in [2.45, 2.75) is 75.0 Å². The Morgan fingerprint density at radius 2 is 1.74 bits per heavy atom. The first kappa shape index (κ1) is 13.8. The molecule has 3 nitrogen and oxygen atoms in total. The first-order valence-corrected chi connectivity index (χ1v) is 8.25. The van der Waals surface area contributed by atoms with Gasteiger partial charge < -0.3 is 10.2 Å². The van der Waals surface area contributed by atoms with Crippen molar-refractivity contribution >= 4 is 0 Å². The first-order valence-electron chi connectivity index (χ1n) is 8.25. The summed E-state index contributed by atoms with van der Waals surface area (Å²) in [6.07, 6.45) is 11.3. The molecule has 3 rings (SSSR count). The third-order valence-corrected chi connectivity index (χ3v) is 6.24. The van der Waals surface area contributed by atoms with Crippen LogP contribution >= 0.6 is 0 Å². The Hall–Kier alpha value is -0.120. The lowest BCUT2D eigenvalue weighted by molar-refractivity contribution is -0.0472. The van der Waals surface area contributed by atoms with Gasteiger partial charge in [0, 0.05) is 30.2 Å². The third-order valence-electron chi connectivity index (χ3n) is 6.24. The van der Waals surface area contributed by atoms with Gasteiger partial charge in [0.2, 0.25) is 0 Å². The van der Waals surface area contributed by atoms with Gasteiger partial charge in [-0.05, 0) is 66.1 Å². The van der Waals surface area contributed by atoms with Crippen LogP contribution in [-0.2, 0) is 0 Å². The summed E-state index contributed by atoms with van der Waals surface area (Å²) >= 11 is 0. The van der Waals surface area contributed by atoms with Crippen molar-refractivity contribution in [2.75, 3.05) is 27.7 Å². The normalized spacial score (nSPS) is 38.2. The van der Waals surface area contributed by atoms with Gasteiger partial charge in [0.05, 0.1) is 0 Å². The van der Waals surface area contributed by atoms with Crippen LogP contribution in [0, 0.1) is 0 Å². The van der Waals surface area contributed by atoms with E-state index in [2.05, 4.69) is 36.3 Å². The molecule has 2 bridgehead atoms. The van der Waals surface area contributed by atoms with Crippen molar-refractivity contribution in [3.8, 4) is 0 Å². The molecule has 2 unspecified atom stereocenters. The number of likely N-dealkylation sites (N-methyl/N-ethyl adjacent to an activating group) is 1. The van der Waals surface area contributed by atoms with Gasteiger partial charge >= 0.3 is 0 Å². The maximum atomic E-state index is 3.53. The highest BCUT2D eigenvalue weighted by molar-refractivity contribution is 5.03. The van der Waals surface area contributed by atoms with Crippen LogP contribution in [-0.4, -0.2) is 61.2 Å². The minimum absolute atomic E-state index is 0.500. The number of hydrogen-bond acceptors (Lipinski definition) is 3. The van der Waals surface area contributed by atoms with E-state index in [1.807, 2.05) is 0 Å². The van der Waals surface area contributed by atoms with Crippen LogP contribution in [0.2, 0.25) is 0 Å². The van der Waals surface area contributed by atoms with Crippen molar-refractivity contribution in [2.24, 2.45) is 0 Å². The summed E-state index contributed by atoms with van der Waals surface area (Å²) in [6.45, 7) is 1.33. The van der Waals surface area contributed by atoms with E-state index >= 15 is 0 Å². The van der Waals surface area contributed by atoms with Gasteiger partial charge in [0.1, 0.15) is 0 Å². The number of hydrogen-bond donors (Lipinski definition) is 1. The van der Waals surface area contributed by atoms with Gasteiger partial charge in [-0.1, -0.05) is 6.42 Å². The molecule has 1 aliphatic carbocycles. The summed E-state index contributed by atoms with van der Waals surface area (Å²) in [5, 5.41) is 3.53. The van der Waals surface area contributed by atoms with Gasteiger partial charge in [-0.2, -0.15) is 0 Å². The summed E-state index contributed by atoms with van der Waals surface area (Å²) in [6, 6.07) is 2.47. The molecule has 1 N–H and O–H groups in total. The first-order chi connectivity index (χ1) is 9.14. The Kier molecular flexibility index (Phi) is 3.89. The van der Waals surface area contributed by atoms with Gasteiger partial charge in [-0.3, -0.25) is 4.90 Å². The van der Waals surface area contributed by atoms with Gasteiger partial charge in [0.15, 0.2) is 0 Å². The SMILES string of the molecule is CNC1CC2CCCC(C1)N2CC1(N(C)C)CCC1. The van der Waals surface area contributed by atoms with E-state index in [1.165, 1.54) is 57.9 Å². The van der Waals surface area contributed by atoms with Crippen LogP contribution in [0.4, 0.5) is 0 Å². The minimum atomic E-state index is 0.500. The average molecular weight is 265 g/mol. The predicted octanol–water partition coefficient (Wildman–Crippen LogP) is 2.08. The van der Waals surface area contributed by atoms with Gasteiger partial charge in [-0.25, -0.2) is 0 Å². The zero-order valence-corrected chi connectivity index (χ0v) is 13.0. The summed E-state index contributed by atoms with van der Waals surface area (Å²) in [4.78, 5) is 5.41. The van der Waals surface area contributed by atoms with E-state index in [1.54, 1.807) is 0 Å². The molecule has 3 fully saturated rings. The molecule has 3 aliphatic rings. The number of fused-ring (bicyclic) bond motifs is 2. The molecule has 1 saturated carbocycles. The van der Waals surface area contributed by atoms with Crippen LogP contribution in [0.1, 0.15) is 51.4 Å². The quantitative estimate of drug-likeness (QED) is 0.839. The second-order valence-corrected chi connectivity index (χ2v) is 7.34. The van der Waals surface area contributed by atoms with E-state index in [4.69, 9.17) is 0 Å². The highest BCUT2D eigenvalue weighted by Gasteiger charge is 2.46. The van der Waals surface area contributed by atoms with E-state index in [9.17, 15) is 0 Å². The zero-order chi connectivity index (χ0) is 13.5. The second kappa shape index (κ2) is 5.34. The number of piperidine rings is 2. The predicted molar refractivity (Wildman–Crippen MR) is 80.5 cm³/mol. The van der Waals surface area contributed by atoms with Crippen LogP contribution in [0.25, 0.3) is 0 Å². The Morgan fingerprint density at radius 1 is 1.11 bits per heavy atom. The van der Waals surface area contributed by atoms with E-state index in [-0.39, 0.29) is 0 Å². The molecule has 0 spiro atoms. The molecule has 2 aliphatic heterocycles. The smallest absolute Gasteiger partial charge is 0.0330 e. The lowest BCUT2D eigenvalue weighted by Crippen LogP contribution is -2.64. The monoisotopic (exact) mass is 265 g/mol. The molecule has 0 aromatic rings. The second-order valence-electron chi connectivity index (χ2n) is 7.34. The molecule has 110 valence electrons. The van der Waals surface area contributed by atoms with E-state index in [0.717, 1.165) is 18.1 Å². The fourth-order valence-corrected chi connectivity index (χ4v) is 4.64. The minimum Gasteiger partial charge on any atom is -0.317 e. The van der Waals surface area contributed by atoms with Gasteiger partial charge in [-0.15, -0.1) is 0 Å².